The molecule has 1 aliphatic carbocycles. The molecule has 0 aliphatic heterocycles. The summed E-state index contributed by atoms with van der Waals surface area (Å²) in [5, 5.41) is -0.297. The Bertz CT molecular complexity index is 287. The Hall–Kier alpha value is 0.240. The van der Waals surface area contributed by atoms with Gasteiger partial charge in [-0.05, 0) is 18.8 Å². The third-order valence-corrected chi connectivity index (χ3v) is 5.65. The van der Waals surface area contributed by atoms with Gasteiger partial charge < -0.3 is 0 Å². The Morgan fingerprint density at radius 3 is 2.25 bits per heavy atom. The highest BCUT2D eigenvalue weighted by Gasteiger charge is 2.24. The maximum Gasteiger partial charge on any atom is 0.235 e. The first kappa shape index (κ1) is 14.3. The van der Waals surface area contributed by atoms with Gasteiger partial charge in [0.1, 0.15) is 0 Å². The van der Waals surface area contributed by atoms with E-state index in [1.807, 2.05) is 0 Å². The van der Waals surface area contributed by atoms with Crippen LogP contribution in [0.1, 0.15) is 64.7 Å². The molecule has 2 atom stereocenters. The minimum atomic E-state index is -3.34. The van der Waals surface area contributed by atoms with Crippen molar-refractivity contribution in [2.24, 2.45) is 5.92 Å². The molecule has 0 saturated heterocycles. The predicted molar refractivity (Wildman–Crippen MR) is 69.3 cm³/mol. The largest absolute Gasteiger partial charge is 0.235 e. The molecule has 1 saturated carbocycles. The monoisotopic (exact) mass is 266 g/mol. The van der Waals surface area contributed by atoms with Crippen molar-refractivity contribution >= 4 is 19.7 Å². The van der Waals surface area contributed by atoms with Gasteiger partial charge in [0, 0.05) is 10.7 Å². The third kappa shape index (κ3) is 5.05. The SMILES string of the molecule is CCCC1CCCCC(S(=O)(=O)Cl)CCC1. The predicted octanol–water partition coefficient (Wildman–Crippen LogP) is 4.08. The van der Waals surface area contributed by atoms with E-state index in [1.54, 1.807) is 0 Å². The first-order chi connectivity index (χ1) is 7.54. The van der Waals surface area contributed by atoms with Gasteiger partial charge in [0.05, 0.1) is 5.25 Å². The Kier molecular flexibility index (Phi) is 6.12. The summed E-state index contributed by atoms with van der Waals surface area (Å²) in [5.41, 5.74) is 0. The molecule has 1 fully saturated rings. The van der Waals surface area contributed by atoms with Crippen LogP contribution in [-0.2, 0) is 9.05 Å². The highest BCUT2D eigenvalue weighted by Crippen LogP contribution is 2.28. The van der Waals surface area contributed by atoms with E-state index in [9.17, 15) is 8.42 Å². The summed E-state index contributed by atoms with van der Waals surface area (Å²) in [5.74, 6) is 0.807. The molecule has 16 heavy (non-hydrogen) atoms. The van der Waals surface area contributed by atoms with Gasteiger partial charge >= 0.3 is 0 Å². The Balaban J connectivity index is 2.49. The second-order valence-electron chi connectivity index (χ2n) is 4.97. The Morgan fingerprint density at radius 2 is 1.62 bits per heavy atom. The van der Waals surface area contributed by atoms with E-state index < -0.39 is 9.05 Å². The quantitative estimate of drug-likeness (QED) is 0.721. The van der Waals surface area contributed by atoms with Crippen molar-refractivity contribution in [3.05, 3.63) is 0 Å². The molecule has 0 N–H and O–H groups in total. The standard InChI is InChI=1S/C12H23ClO2S/c1-2-6-11-7-3-4-9-12(10-5-8-11)16(13,14)15/h11-12H,2-10H2,1H3. The smallest absolute Gasteiger partial charge is 0.212 e. The highest BCUT2D eigenvalue weighted by atomic mass is 35.7. The molecule has 2 unspecified atom stereocenters. The fourth-order valence-electron chi connectivity index (χ4n) is 2.71. The summed E-state index contributed by atoms with van der Waals surface area (Å²) in [6.45, 7) is 2.22. The van der Waals surface area contributed by atoms with E-state index in [0.717, 1.165) is 38.0 Å². The van der Waals surface area contributed by atoms with E-state index in [4.69, 9.17) is 10.7 Å². The fraction of sp³-hybridized carbons (Fsp3) is 1.00. The molecule has 0 spiro atoms. The average molecular weight is 267 g/mol. The molecular weight excluding hydrogens is 244 g/mol. The van der Waals surface area contributed by atoms with Crippen LogP contribution >= 0.6 is 10.7 Å². The Morgan fingerprint density at radius 1 is 1.06 bits per heavy atom. The van der Waals surface area contributed by atoms with Gasteiger partial charge in [-0.2, -0.15) is 0 Å². The van der Waals surface area contributed by atoms with E-state index in [0.29, 0.717) is 0 Å². The molecule has 0 radical (unpaired) electrons. The van der Waals surface area contributed by atoms with Crippen LogP contribution in [0.5, 0.6) is 0 Å². The molecule has 0 bridgehead atoms. The van der Waals surface area contributed by atoms with Gasteiger partial charge in [-0.3, -0.25) is 0 Å². The molecule has 1 rings (SSSR count). The lowest BCUT2D eigenvalue weighted by atomic mass is 9.93. The van der Waals surface area contributed by atoms with Crippen LogP contribution in [-0.4, -0.2) is 13.7 Å². The lowest BCUT2D eigenvalue weighted by molar-refractivity contribution is 0.397. The van der Waals surface area contributed by atoms with Crippen LogP contribution in [0.4, 0.5) is 0 Å². The molecule has 0 aromatic carbocycles. The number of hydrogen-bond acceptors (Lipinski definition) is 2. The van der Waals surface area contributed by atoms with Crippen LogP contribution in [0.15, 0.2) is 0 Å². The summed E-state index contributed by atoms with van der Waals surface area (Å²) in [7, 11) is 2.12. The lowest BCUT2D eigenvalue weighted by Gasteiger charge is -2.14. The average Bonchev–Trinajstić information content (AvgIpc) is 2.29. The minimum Gasteiger partial charge on any atom is -0.212 e. The van der Waals surface area contributed by atoms with Crippen molar-refractivity contribution in [2.45, 2.75) is 70.0 Å². The zero-order chi connectivity index (χ0) is 12.0. The number of halogens is 1. The van der Waals surface area contributed by atoms with Gasteiger partial charge in [-0.15, -0.1) is 0 Å². The minimum absolute atomic E-state index is 0.297. The second kappa shape index (κ2) is 6.85. The van der Waals surface area contributed by atoms with Gasteiger partial charge in [-0.1, -0.05) is 51.9 Å². The molecule has 4 heteroatoms. The van der Waals surface area contributed by atoms with Crippen molar-refractivity contribution in [1.82, 2.24) is 0 Å². The number of hydrogen-bond donors (Lipinski definition) is 0. The summed E-state index contributed by atoms with van der Waals surface area (Å²) >= 11 is 0. The zero-order valence-electron chi connectivity index (χ0n) is 10.1. The highest BCUT2D eigenvalue weighted by molar-refractivity contribution is 8.14. The van der Waals surface area contributed by atoms with E-state index in [1.165, 1.54) is 25.7 Å². The van der Waals surface area contributed by atoms with Gasteiger partial charge in [0.2, 0.25) is 9.05 Å². The van der Waals surface area contributed by atoms with Crippen LogP contribution in [0.2, 0.25) is 0 Å². The topological polar surface area (TPSA) is 34.1 Å². The molecule has 0 amide bonds. The van der Waals surface area contributed by atoms with Crippen LogP contribution in [0.25, 0.3) is 0 Å². The maximum atomic E-state index is 11.3. The summed E-state index contributed by atoms with van der Waals surface area (Å²) < 4.78 is 22.7. The van der Waals surface area contributed by atoms with Gasteiger partial charge in [0.25, 0.3) is 0 Å². The van der Waals surface area contributed by atoms with Crippen LogP contribution < -0.4 is 0 Å². The zero-order valence-corrected chi connectivity index (χ0v) is 11.7. The van der Waals surface area contributed by atoms with Crippen LogP contribution in [0, 0.1) is 5.92 Å². The second-order valence-corrected chi connectivity index (χ2v) is 7.88. The Labute approximate surface area is 104 Å². The maximum absolute atomic E-state index is 11.3. The molecule has 2 nitrogen and oxygen atoms in total. The van der Waals surface area contributed by atoms with E-state index >= 15 is 0 Å². The van der Waals surface area contributed by atoms with E-state index in [-0.39, 0.29) is 5.25 Å². The van der Waals surface area contributed by atoms with E-state index in [2.05, 4.69) is 6.92 Å². The summed E-state index contributed by atoms with van der Waals surface area (Å²) in [6, 6.07) is 0. The molecular formula is C12H23ClO2S. The normalized spacial score (nSPS) is 29.1. The molecule has 0 heterocycles. The van der Waals surface area contributed by atoms with Crippen LogP contribution in [0.3, 0.4) is 0 Å². The van der Waals surface area contributed by atoms with Crippen molar-refractivity contribution in [2.75, 3.05) is 0 Å². The van der Waals surface area contributed by atoms with Gasteiger partial charge in [0.15, 0.2) is 0 Å². The number of rotatable bonds is 3. The summed E-state index contributed by atoms with van der Waals surface area (Å²) in [6.07, 6.45) is 9.67. The van der Waals surface area contributed by atoms with Gasteiger partial charge in [-0.25, -0.2) is 8.42 Å². The molecule has 1 aliphatic rings. The molecule has 0 aromatic heterocycles. The van der Waals surface area contributed by atoms with Crippen molar-refractivity contribution in [3.8, 4) is 0 Å². The van der Waals surface area contributed by atoms with Crippen molar-refractivity contribution < 1.29 is 8.42 Å². The first-order valence-corrected chi connectivity index (χ1v) is 8.84. The lowest BCUT2D eigenvalue weighted by Crippen LogP contribution is -2.15. The van der Waals surface area contributed by atoms with Crippen molar-refractivity contribution in [3.63, 3.8) is 0 Å². The molecule has 0 aromatic rings. The van der Waals surface area contributed by atoms with Crippen molar-refractivity contribution in [1.29, 1.82) is 0 Å². The fourth-order valence-corrected chi connectivity index (χ4v) is 4.14. The first-order valence-electron chi connectivity index (χ1n) is 6.47. The third-order valence-electron chi connectivity index (χ3n) is 3.62. The summed E-state index contributed by atoms with van der Waals surface area (Å²) in [4.78, 5) is 0. The molecule has 96 valence electrons.